The van der Waals surface area contributed by atoms with Crippen molar-refractivity contribution in [3.05, 3.63) is 125 Å². The topological polar surface area (TPSA) is 20.3 Å². The van der Waals surface area contributed by atoms with Crippen molar-refractivity contribution in [2.75, 3.05) is 0 Å². The molecule has 3 aromatic carbocycles. The molecule has 0 spiro atoms. The van der Waals surface area contributed by atoms with Crippen LogP contribution in [-0.2, 0) is 11.3 Å². The fraction of sp³-hybridized carbons (Fsp3) is 0.115. The van der Waals surface area contributed by atoms with Gasteiger partial charge >= 0.3 is 0 Å². The first-order valence-electron chi connectivity index (χ1n) is 9.54. The summed E-state index contributed by atoms with van der Waals surface area (Å²) in [5.41, 5.74) is 7.38. The van der Waals surface area contributed by atoms with Gasteiger partial charge in [0.15, 0.2) is 0 Å². The highest BCUT2D eigenvalue weighted by molar-refractivity contribution is 6.01. The smallest absolute Gasteiger partial charge is 0.254 e. The van der Waals surface area contributed by atoms with E-state index in [1.54, 1.807) is 0 Å². The standard InChI is InChI=1S/C26H23NO/c1-19-13-15-23(16-14-19)25(22-11-7-4-8-12-22)24-17-20(2)26(28)27(24)18-21-9-5-3-6-10-21/h3-17H,18H2,1-2H3/b25-24+. The molecule has 0 unspecified atom stereocenters. The second-order valence-electron chi connectivity index (χ2n) is 7.20. The monoisotopic (exact) mass is 365 g/mol. The molecule has 0 aliphatic carbocycles. The molecule has 0 bridgehead atoms. The number of hydrogen-bond acceptors (Lipinski definition) is 1. The summed E-state index contributed by atoms with van der Waals surface area (Å²) in [6, 6.07) is 29.0. The zero-order chi connectivity index (χ0) is 19.5. The Bertz CT molecular complexity index is 1040. The van der Waals surface area contributed by atoms with Gasteiger partial charge in [-0.3, -0.25) is 4.79 Å². The third kappa shape index (κ3) is 3.54. The van der Waals surface area contributed by atoms with Crippen LogP contribution < -0.4 is 0 Å². The maximum Gasteiger partial charge on any atom is 0.254 e. The van der Waals surface area contributed by atoms with Crippen LogP contribution in [0.25, 0.3) is 5.57 Å². The van der Waals surface area contributed by atoms with Crippen molar-refractivity contribution in [3.8, 4) is 0 Å². The first-order chi connectivity index (χ1) is 13.6. The van der Waals surface area contributed by atoms with Gasteiger partial charge in [0.05, 0.1) is 12.2 Å². The number of carbonyl (C=O) groups excluding carboxylic acids is 1. The van der Waals surface area contributed by atoms with Gasteiger partial charge in [-0.15, -0.1) is 0 Å². The van der Waals surface area contributed by atoms with Crippen LogP contribution in [0, 0.1) is 6.92 Å². The van der Waals surface area contributed by atoms with E-state index < -0.39 is 0 Å². The molecule has 2 nitrogen and oxygen atoms in total. The molecule has 1 aliphatic heterocycles. The third-order valence-electron chi connectivity index (χ3n) is 5.07. The molecule has 0 saturated heterocycles. The zero-order valence-electron chi connectivity index (χ0n) is 16.2. The van der Waals surface area contributed by atoms with Gasteiger partial charge in [0.1, 0.15) is 0 Å². The Hall–Kier alpha value is -3.39. The minimum atomic E-state index is 0.0689. The van der Waals surface area contributed by atoms with Crippen LogP contribution in [0.15, 0.2) is 102 Å². The van der Waals surface area contributed by atoms with Gasteiger partial charge in [-0.05, 0) is 36.6 Å². The minimum Gasteiger partial charge on any atom is -0.304 e. The van der Waals surface area contributed by atoms with Crippen molar-refractivity contribution >= 4 is 11.5 Å². The van der Waals surface area contributed by atoms with E-state index in [2.05, 4.69) is 55.5 Å². The maximum atomic E-state index is 13.0. The Morgan fingerprint density at radius 1 is 0.750 bits per heavy atom. The molecule has 0 saturated carbocycles. The Kier molecular flexibility index (Phi) is 4.94. The lowest BCUT2D eigenvalue weighted by Crippen LogP contribution is -2.25. The van der Waals surface area contributed by atoms with E-state index in [0.717, 1.165) is 33.5 Å². The summed E-state index contributed by atoms with van der Waals surface area (Å²) in [5.74, 6) is 0.0689. The van der Waals surface area contributed by atoms with Gasteiger partial charge in [0.25, 0.3) is 5.91 Å². The van der Waals surface area contributed by atoms with Crippen LogP contribution >= 0.6 is 0 Å². The lowest BCUT2D eigenvalue weighted by molar-refractivity contribution is -0.124. The Morgan fingerprint density at radius 2 is 1.32 bits per heavy atom. The van der Waals surface area contributed by atoms with E-state index in [0.29, 0.717) is 6.54 Å². The molecule has 0 aromatic heterocycles. The molecule has 0 fully saturated rings. The molecule has 0 atom stereocenters. The van der Waals surface area contributed by atoms with Crippen LogP contribution in [0.1, 0.15) is 29.2 Å². The highest BCUT2D eigenvalue weighted by Gasteiger charge is 2.28. The van der Waals surface area contributed by atoms with Crippen molar-refractivity contribution in [2.24, 2.45) is 0 Å². The highest BCUT2D eigenvalue weighted by Crippen LogP contribution is 2.35. The first-order valence-corrected chi connectivity index (χ1v) is 9.54. The van der Waals surface area contributed by atoms with Crippen LogP contribution in [-0.4, -0.2) is 10.8 Å². The number of carbonyl (C=O) groups is 1. The molecule has 2 heteroatoms. The molecule has 4 rings (SSSR count). The predicted molar refractivity (Wildman–Crippen MR) is 114 cm³/mol. The summed E-state index contributed by atoms with van der Waals surface area (Å²) in [4.78, 5) is 14.9. The Labute approximate surface area is 166 Å². The Morgan fingerprint density at radius 3 is 1.96 bits per heavy atom. The average Bonchev–Trinajstić information content (AvgIpc) is 2.99. The molecule has 138 valence electrons. The SMILES string of the molecule is CC1=C/C(=C(/c2ccccc2)c2ccc(C)cc2)N(Cc2ccccc2)C1=O. The quantitative estimate of drug-likeness (QED) is 0.577. The second kappa shape index (κ2) is 7.69. The first kappa shape index (κ1) is 18.0. The number of rotatable bonds is 4. The average molecular weight is 365 g/mol. The van der Waals surface area contributed by atoms with E-state index in [9.17, 15) is 4.79 Å². The third-order valence-corrected chi connectivity index (χ3v) is 5.07. The van der Waals surface area contributed by atoms with Gasteiger partial charge in [-0.1, -0.05) is 90.5 Å². The predicted octanol–water partition coefficient (Wildman–Crippen LogP) is 5.74. The number of benzene rings is 3. The summed E-state index contributed by atoms with van der Waals surface area (Å²) in [6.07, 6.45) is 2.02. The van der Waals surface area contributed by atoms with Crippen molar-refractivity contribution in [1.29, 1.82) is 0 Å². The van der Waals surface area contributed by atoms with Gasteiger partial charge in [-0.25, -0.2) is 0 Å². The van der Waals surface area contributed by atoms with Gasteiger partial charge in [0, 0.05) is 11.1 Å². The van der Waals surface area contributed by atoms with Gasteiger partial charge in [0.2, 0.25) is 0 Å². The molecular weight excluding hydrogens is 342 g/mol. The molecule has 0 N–H and O–H groups in total. The summed E-state index contributed by atoms with van der Waals surface area (Å²) >= 11 is 0. The summed E-state index contributed by atoms with van der Waals surface area (Å²) in [7, 11) is 0. The van der Waals surface area contributed by atoms with Crippen LogP contribution in [0.2, 0.25) is 0 Å². The van der Waals surface area contributed by atoms with Crippen molar-refractivity contribution in [2.45, 2.75) is 20.4 Å². The van der Waals surface area contributed by atoms with E-state index in [1.807, 2.05) is 54.3 Å². The molecular formula is C26H23NO. The number of amides is 1. The molecule has 1 amide bonds. The van der Waals surface area contributed by atoms with Gasteiger partial charge in [-0.2, -0.15) is 0 Å². The number of allylic oxidation sites excluding steroid dienone is 1. The van der Waals surface area contributed by atoms with E-state index >= 15 is 0 Å². The van der Waals surface area contributed by atoms with Crippen LogP contribution in [0.5, 0.6) is 0 Å². The van der Waals surface area contributed by atoms with E-state index in [4.69, 9.17) is 0 Å². The fourth-order valence-electron chi connectivity index (χ4n) is 3.58. The Balaban J connectivity index is 1.89. The molecule has 0 radical (unpaired) electrons. The number of hydrogen-bond donors (Lipinski definition) is 0. The zero-order valence-corrected chi connectivity index (χ0v) is 16.2. The summed E-state index contributed by atoms with van der Waals surface area (Å²) in [5, 5.41) is 0. The number of nitrogens with zero attached hydrogens (tertiary/aromatic N) is 1. The van der Waals surface area contributed by atoms with Crippen molar-refractivity contribution in [1.82, 2.24) is 4.90 Å². The lowest BCUT2D eigenvalue weighted by atomic mass is 9.94. The van der Waals surface area contributed by atoms with Crippen LogP contribution in [0.3, 0.4) is 0 Å². The normalized spacial score (nSPS) is 15.6. The molecule has 1 heterocycles. The highest BCUT2D eigenvalue weighted by atomic mass is 16.2. The van der Waals surface area contributed by atoms with Crippen LogP contribution in [0.4, 0.5) is 0 Å². The number of aryl methyl sites for hydroxylation is 1. The van der Waals surface area contributed by atoms with Crippen molar-refractivity contribution in [3.63, 3.8) is 0 Å². The van der Waals surface area contributed by atoms with Gasteiger partial charge < -0.3 is 4.90 Å². The molecule has 3 aromatic rings. The lowest BCUT2D eigenvalue weighted by Gasteiger charge is -2.23. The maximum absolute atomic E-state index is 13.0. The largest absolute Gasteiger partial charge is 0.304 e. The molecule has 1 aliphatic rings. The second-order valence-corrected chi connectivity index (χ2v) is 7.20. The summed E-state index contributed by atoms with van der Waals surface area (Å²) < 4.78 is 0. The molecule has 28 heavy (non-hydrogen) atoms. The summed E-state index contributed by atoms with van der Waals surface area (Å²) in [6.45, 7) is 4.54. The van der Waals surface area contributed by atoms with Crippen molar-refractivity contribution < 1.29 is 4.79 Å². The fourth-order valence-corrected chi connectivity index (χ4v) is 3.58. The van der Waals surface area contributed by atoms with E-state index in [-0.39, 0.29) is 5.91 Å². The van der Waals surface area contributed by atoms with E-state index in [1.165, 1.54) is 5.56 Å². The minimum absolute atomic E-state index is 0.0689.